The molecule has 22 heavy (non-hydrogen) atoms. The van der Waals surface area contributed by atoms with Crippen molar-refractivity contribution in [3.05, 3.63) is 29.8 Å². The Bertz CT molecular complexity index is 480. The number of carbonyl (C=O) groups excluding carboxylic acids is 1. The van der Waals surface area contributed by atoms with Gasteiger partial charge in [0.2, 0.25) is 0 Å². The van der Waals surface area contributed by atoms with Crippen LogP contribution in [0.1, 0.15) is 31.2 Å². The smallest absolute Gasteiger partial charge is 0.321 e. The predicted octanol–water partition coefficient (Wildman–Crippen LogP) is 3.73. The summed E-state index contributed by atoms with van der Waals surface area (Å²) in [5.41, 5.74) is 2.02. The van der Waals surface area contributed by atoms with Gasteiger partial charge in [0, 0.05) is 30.3 Å². The summed E-state index contributed by atoms with van der Waals surface area (Å²) >= 11 is 1.90. The minimum atomic E-state index is 0.00950. The Morgan fingerprint density at radius 1 is 1.18 bits per heavy atom. The van der Waals surface area contributed by atoms with Crippen molar-refractivity contribution >= 4 is 23.5 Å². The van der Waals surface area contributed by atoms with Crippen LogP contribution in [0.4, 0.5) is 10.5 Å². The molecule has 1 saturated heterocycles. The first-order valence-corrected chi connectivity index (χ1v) is 9.31. The summed E-state index contributed by atoms with van der Waals surface area (Å²) in [6.45, 7) is 2.34. The van der Waals surface area contributed by atoms with Gasteiger partial charge in [0.05, 0.1) is 12.7 Å². The maximum Gasteiger partial charge on any atom is 0.321 e. The van der Waals surface area contributed by atoms with E-state index in [1.54, 1.807) is 0 Å². The van der Waals surface area contributed by atoms with Crippen molar-refractivity contribution in [3.8, 4) is 0 Å². The third kappa shape index (κ3) is 4.40. The molecule has 120 valence electrons. The van der Waals surface area contributed by atoms with E-state index in [-0.39, 0.29) is 6.03 Å². The molecule has 0 radical (unpaired) electrons. The molecule has 1 aromatic carbocycles. The standard InChI is InChI=1S/C17H24N2O2S/c20-17(19-9-11-22-12-10-19)18-15-7-5-14(6-8-15)13-21-16-3-1-2-4-16/h5-8,16H,1-4,9-13H2,(H,18,20). The van der Waals surface area contributed by atoms with Gasteiger partial charge >= 0.3 is 6.03 Å². The van der Waals surface area contributed by atoms with Crippen molar-refractivity contribution in [3.63, 3.8) is 0 Å². The molecule has 2 amide bonds. The van der Waals surface area contributed by atoms with E-state index in [0.29, 0.717) is 12.7 Å². The van der Waals surface area contributed by atoms with Crippen LogP contribution in [0.3, 0.4) is 0 Å². The summed E-state index contributed by atoms with van der Waals surface area (Å²) in [7, 11) is 0. The fourth-order valence-electron chi connectivity index (χ4n) is 2.92. The fourth-order valence-corrected chi connectivity index (χ4v) is 3.83. The molecular formula is C17H24N2O2S. The van der Waals surface area contributed by atoms with Gasteiger partial charge in [-0.15, -0.1) is 0 Å². The molecule has 0 spiro atoms. The first kappa shape index (κ1) is 15.7. The lowest BCUT2D eigenvalue weighted by Crippen LogP contribution is -2.40. The van der Waals surface area contributed by atoms with Crippen molar-refractivity contribution in [1.82, 2.24) is 4.90 Å². The molecule has 2 fully saturated rings. The van der Waals surface area contributed by atoms with Crippen molar-refractivity contribution in [2.45, 2.75) is 38.4 Å². The van der Waals surface area contributed by atoms with Crippen molar-refractivity contribution < 1.29 is 9.53 Å². The molecule has 1 aliphatic heterocycles. The van der Waals surface area contributed by atoms with Crippen LogP contribution in [0.2, 0.25) is 0 Å². The van der Waals surface area contributed by atoms with E-state index in [0.717, 1.165) is 30.3 Å². The highest BCUT2D eigenvalue weighted by molar-refractivity contribution is 7.99. The molecule has 1 saturated carbocycles. The molecule has 0 atom stereocenters. The normalized spacial score (nSPS) is 19.4. The average Bonchev–Trinajstić information content (AvgIpc) is 3.08. The number of hydrogen-bond acceptors (Lipinski definition) is 3. The van der Waals surface area contributed by atoms with Gasteiger partial charge in [-0.1, -0.05) is 25.0 Å². The Morgan fingerprint density at radius 2 is 1.86 bits per heavy atom. The Morgan fingerprint density at radius 3 is 2.55 bits per heavy atom. The number of nitrogens with one attached hydrogen (secondary N) is 1. The maximum atomic E-state index is 12.1. The van der Waals surface area contributed by atoms with E-state index in [9.17, 15) is 4.79 Å². The summed E-state index contributed by atoms with van der Waals surface area (Å²) in [5, 5.41) is 2.97. The third-order valence-electron chi connectivity index (χ3n) is 4.29. The van der Waals surface area contributed by atoms with Gasteiger partial charge in [-0.05, 0) is 30.5 Å². The predicted molar refractivity (Wildman–Crippen MR) is 91.4 cm³/mol. The molecule has 1 heterocycles. The molecular weight excluding hydrogens is 296 g/mol. The number of hydrogen-bond donors (Lipinski definition) is 1. The largest absolute Gasteiger partial charge is 0.374 e. The molecule has 1 N–H and O–H groups in total. The molecule has 1 aliphatic carbocycles. The molecule has 0 bridgehead atoms. The zero-order chi connectivity index (χ0) is 15.2. The van der Waals surface area contributed by atoms with Crippen LogP contribution in [0.15, 0.2) is 24.3 Å². The Kier molecular flexibility index (Phi) is 5.62. The molecule has 0 unspecified atom stereocenters. The second kappa shape index (κ2) is 7.88. The number of rotatable bonds is 4. The van der Waals surface area contributed by atoms with E-state index < -0.39 is 0 Å². The van der Waals surface area contributed by atoms with E-state index >= 15 is 0 Å². The summed E-state index contributed by atoms with van der Waals surface area (Å²) in [6.07, 6.45) is 5.43. The number of urea groups is 1. The number of carbonyl (C=O) groups is 1. The SMILES string of the molecule is O=C(Nc1ccc(COC2CCCC2)cc1)N1CCSCC1. The van der Waals surface area contributed by atoms with Crippen LogP contribution in [0, 0.1) is 0 Å². The Hall–Kier alpha value is -1.20. The zero-order valence-corrected chi connectivity index (χ0v) is 13.7. The van der Waals surface area contributed by atoms with Gasteiger partial charge in [0.15, 0.2) is 0 Å². The second-order valence-electron chi connectivity index (χ2n) is 5.94. The van der Waals surface area contributed by atoms with Crippen molar-refractivity contribution in [2.75, 3.05) is 29.9 Å². The quantitative estimate of drug-likeness (QED) is 0.919. The first-order valence-electron chi connectivity index (χ1n) is 8.15. The van der Waals surface area contributed by atoms with Gasteiger partial charge < -0.3 is 15.0 Å². The Labute approximate surface area is 136 Å². The lowest BCUT2D eigenvalue weighted by molar-refractivity contribution is 0.0457. The van der Waals surface area contributed by atoms with Crippen LogP contribution in [-0.4, -0.2) is 41.6 Å². The molecule has 0 aromatic heterocycles. The van der Waals surface area contributed by atoms with Crippen LogP contribution in [-0.2, 0) is 11.3 Å². The molecule has 5 heteroatoms. The minimum Gasteiger partial charge on any atom is -0.374 e. The zero-order valence-electron chi connectivity index (χ0n) is 12.9. The highest BCUT2D eigenvalue weighted by Crippen LogP contribution is 2.22. The van der Waals surface area contributed by atoms with E-state index in [1.165, 1.54) is 31.2 Å². The highest BCUT2D eigenvalue weighted by atomic mass is 32.2. The Balaban J connectivity index is 1.47. The van der Waals surface area contributed by atoms with E-state index in [2.05, 4.69) is 5.32 Å². The molecule has 3 rings (SSSR count). The number of benzene rings is 1. The number of amides is 2. The lowest BCUT2D eigenvalue weighted by Gasteiger charge is -2.26. The van der Waals surface area contributed by atoms with Crippen molar-refractivity contribution in [1.29, 1.82) is 0 Å². The third-order valence-corrected chi connectivity index (χ3v) is 5.23. The highest BCUT2D eigenvalue weighted by Gasteiger charge is 2.17. The van der Waals surface area contributed by atoms with Gasteiger partial charge in [-0.3, -0.25) is 0 Å². The molecule has 1 aromatic rings. The first-order chi connectivity index (χ1) is 10.8. The topological polar surface area (TPSA) is 41.6 Å². The monoisotopic (exact) mass is 320 g/mol. The maximum absolute atomic E-state index is 12.1. The van der Waals surface area contributed by atoms with Gasteiger partial charge in [0.25, 0.3) is 0 Å². The molecule has 2 aliphatic rings. The van der Waals surface area contributed by atoms with Crippen molar-refractivity contribution in [2.24, 2.45) is 0 Å². The minimum absolute atomic E-state index is 0.00950. The van der Waals surface area contributed by atoms with Gasteiger partial charge in [-0.25, -0.2) is 4.79 Å². The molecule has 4 nitrogen and oxygen atoms in total. The van der Waals surface area contributed by atoms with Crippen LogP contribution in [0.25, 0.3) is 0 Å². The number of nitrogens with zero attached hydrogens (tertiary/aromatic N) is 1. The second-order valence-corrected chi connectivity index (χ2v) is 7.17. The number of anilines is 1. The fraction of sp³-hybridized carbons (Fsp3) is 0.588. The summed E-state index contributed by atoms with van der Waals surface area (Å²) in [5.74, 6) is 2.07. The van der Waals surface area contributed by atoms with Gasteiger partial charge in [0.1, 0.15) is 0 Å². The summed E-state index contributed by atoms with van der Waals surface area (Å²) in [6, 6.07) is 8.01. The number of ether oxygens (including phenoxy) is 1. The lowest BCUT2D eigenvalue weighted by atomic mass is 10.2. The summed E-state index contributed by atoms with van der Waals surface area (Å²) < 4.78 is 5.91. The summed E-state index contributed by atoms with van der Waals surface area (Å²) in [4.78, 5) is 14.0. The van der Waals surface area contributed by atoms with Crippen LogP contribution < -0.4 is 5.32 Å². The van der Waals surface area contributed by atoms with Crippen LogP contribution >= 0.6 is 11.8 Å². The average molecular weight is 320 g/mol. The van der Waals surface area contributed by atoms with Gasteiger partial charge in [-0.2, -0.15) is 11.8 Å². The van der Waals surface area contributed by atoms with E-state index in [4.69, 9.17) is 4.74 Å². The van der Waals surface area contributed by atoms with E-state index in [1.807, 2.05) is 40.9 Å². The van der Waals surface area contributed by atoms with Crippen LogP contribution in [0.5, 0.6) is 0 Å². The number of thioether (sulfide) groups is 1.